The molecule has 0 radical (unpaired) electrons. The molecular weight excluding hydrogens is 298 g/mol. The maximum Gasteiger partial charge on any atom is 0.246 e. The molecule has 0 aromatic heterocycles. The van der Waals surface area contributed by atoms with Gasteiger partial charge in [0.1, 0.15) is 4.90 Å². The molecule has 0 saturated carbocycles. The van der Waals surface area contributed by atoms with Gasteiger partial charge in [0, 0.05) is 18.8 Å². The van der Waals surface area contributed by atoms with Crippen LogP contribution in [0.5, 0.6) is 0 Å². The smallest absolute Gasteiger partial charge is 0.246 e. The number of nitrogens with two attached hydrogens (primary N) is 1. The molecule has 0 aliphatic carbocycles. The largest absolute Gasteiger partial charge is 0.399 e. The third-order valence-corrected chi connectivity index (χ3v) is 5.92. The lowest BCUT2D eigenvalue weighted by atomic mass is 9.98. The average Bonchev–Trinajstić information content (AvgIpc) is 2.68. The van der Waals surface area contributed by atoms with E-state index >= 15 is 0 Å². The number of benzene rings is 1. The number of hydrogen-bond acceptors (Lipinski definition) is 3. The Hall–Kier alpha value is -1.21. The second-order valence-corrected chi connectivity index (χ2v) is 7.33. The molecule has 2 rings (SSSR count). The zero-order valence-electron chi connectivity index (χ0n) is 12.0. The van der Waals surface area contributed by atoms with Crippen molar-refractivity contribution in [2.75, 3.05) is 18.8 Å². The van der Waals surface area contributed by atoms with E-state index in [-0.39, 0.29) is 5.69 Å². The van der Waals surface area contributed by atoms with Gasteiger partial charge < -0.3 is 5.73 Å². The summed E-state index contributed by atoms with van der Waals surface area (Å²) >= 11 is 0. The van der Waals surface area contributed by atoms with Crippen LogP contribution in [0.25, 0.3) is 0 Å². The molecule has 0 bridgehead atoms. The summed E-state index contributed by atoms with van der Waals surface area (Å²) in [6, 6.07) is 1.76. The fourth-order valence-electron chi connectivity index (χ4n) is 2.70. The van der Waals surface area contributed by atoms with Crippen molar-refractivity contribution < 1.29 is 17.2 Å². The summed E-state index contributed by atoms with van der Waals surface area (Å²) in [4.78, 5) is -0.671. The lowest BCUT2D eigenvalue weighted by molar-refractivity contribution is 0.402. The lowest BCUT2D eigenvalue weighted by Gasteiger charge is -2.21. The van der Waals surface area contributed by atoms with Gasteiger partial charge in [-0.15, -0.1) is 0 Å². The molecule has 1 saturated heterocycles. The van der Waals surface area contributed by atoms with Gasteiger partial charge in [-0.05, 0) is 37.3 Å². The number of rotatable bonds is 3. The zero-order valence-corrected chi connectivity index (χ0v) is 12.8. The predicted molar refractivity (Wildman–Crippen MR) is 77.2 cm³/mol. The third-order valence-electron chi connectivity index (χ3n) is 4.02. The van der Waals surface area contributed by atoms with E-state index in [1.54, 1.807) is 0 Å². The van der Waals surface area contributed by atoms with Crippen molar-refractivity contribution in [1.82, 2.24) is 4.31 Å². The number of hydrogen-bond donors (Lipinski definition) is 1. The van der Waals surface area contributed by atoms with Crippen LogP contribution in [0.15, 0.2) is 17.0 Å². The van der Waals surface area contributed by atoms with Gasteiger partial charge >= 0.3 is 0 Å². The topological polar surface area (TPSA) is 63.4 Å². The molecule has 118 valence electrons. The maximum atomic E-state index is 13.8. The SMILES string of the molecule is CCC1CCCN(S(=O)(=O)c2cc(N)cc(F)c2F)CC1. The number of anilines is 1. The fourth-order valence-corrected chi connectivity index (χ4v) is 4.30. The van der Waals surface area contributed by atoms with Crippen LogP contribution in [0.1, 0.15) is 32.6 Å². The summed E-state index contributed by atoms with van der Waals surface area (Å²) in [7, 11) is -4.05. The van der Waals surface area contributed by atoms with Crippen LogP contribution in [0.3, 0.4) is 0 Å². The highest BCUT2D eigenvalue weighted by Crippen LogP contribution is 2.28. The molecule has 0 spiro atoms. The van der Waals surface area contributed by atoms with Crippen LogP contribution in [0.4, 0.5) is 14.5 Å². The predicted octanol–water partition coefficient (Wildman–Crippen LogP) is 2.75. The minimum atomic E-state index is -4.05. The second kappa shape index (κ2) is 6.27. The van der Waals surface area contributed by atoms with Gasteiger partial charge in [-0.25, -0.2) is 17.2 Å². The van der Waals surface area contributed by atoms with E-state index in [0.29, 0.717) is 19.0 Å². The molecule has 1 unspecified atom stereocenters. The van der Waals surface area contributed by atoms with E-state index in [1.807, 2.05) is 0 Å². The van der Waals surface area contributed by atoms with Crippen LogP contribution < -0.4 is 5.73 Å². The molecule has 1 aromatic rings. The number of nitrogen functional groups attached to an aromatic ring is 1. The van der Waals surface area contributed by atoms with Crippen LogP contribution in [0, 0.1) is 17.6 Å². The van der Waals surface area contributed by atoms with E-state index in [2.05, 4.69) is 6.92 Å². The lowest BCUT2D eigenvalue weighted by Crippen LogP contribution is -2.33. The van der Waals surface area contributed by atoms with E-state index in [1.165, 1.54) is 4.31 Å². The van der Waals surface area contributed by atoms with Gasteiger partial charge in [-0.3, -0.25) is 0 Å². The first-order valence-electron chi connectivity index (χ1n) is 7.11. The summed E-state index contributed by atoms with van der Waals surface area (Å²) in [5.74, 6) is -2.12. The highest BCUT2D eigenvalue weighted by atomic mass is 32.2. The minimum Gasteiger partial charge on any atom is -0.399 e. The summed E-state index contributed by atoms with van der Waals surface area (Å²) in [5.41, 5.74) is 5.34. The summed E-state index contributed by atoms with van der Waals surface area (Å²) in [6.07, 6.45) is 3.41. The van der Waals surface area contributed by atoms with Crippen LogP contribution in [-0.4, -0.2) is 25.8 Å². The molecule has 1 atom stereocenters. The summed E-state index contributed by atoms with van der Waals surface area (Å²) < 4.78 is 53.5. The molecular formula is C14H20F2N2O2S. The zero-order chi connectivity index (χ0) is 15.6. The molecule has 7 heteroatoms. The monoisotopic (exact) mass is 318 g/mol. The van der Waals surface area contributed by atoms with Crippen LogP contribution in [0.2, 0.25) is 0 Å². The molecule has 4 nitrogen and oxygen atoms in total. The molecule has 21 heavy (non-hydrogen) atoms. The standard InChI is InChI=1S/C14H20F2N2O2S/c1-2-10-4-3-6-18(7-5-10)21(19,20)13-9-11(17)8-12(15)14(13)16/h8-10H,2-7,17H2,1H3. The van der Waals surface area contributed by atoms with E-state index in [4.69, 9.17) is 5.73 Å². The van der Waals surface area contributed by atoms with Crippen molar-refractivity contribution in [1.29, 1.82) is 0 Å². The van der Waals surface area contributed by atoms with Gasteiger partial charge in [-0.1, -0.05) is 13.3 Å². The normalized spacial score (nSPS) is 21.2. The minimum absolute atomic E-state index is 0.103. The van der Waals surface area contributed by atoms with Gasteiger partial charge in [0.2, 0.25) is 10.0 Å². The molecule has 2 N–H and O–H groups in total. The Labute approximate surface area is 124 Å². The second-order valence-electron chi connectivity index (χ2n) is 5.42. The van der Waals surface area contributed by atoms with Crippen LogP contribution in [-0.2, 0) is 10.0 Å². The Bertz CT molecular complexity index is 620. The Morgan fingerprint density at radius 3 is 2.67 bits per heavy atom. The molecule has 1 fully saturated rings. The first kappa shape index (κ1) is 16.2. The van der Waals surface area contributed by atoms with E-state index < -0.39 is 26.6 Å². The highest BCUT2D eigenvalue weighted by molar-refractivity contribution is 7.89. The van der Waals surface area contributed by atoms with Crippen molar-refractivity contribution in [3.05, 3.63) is 23.8 Å². The number of sulfonamides is 1. The van der Waals surface area contributed by atoms with Gasteiger partial charge in [0.25, 0.3) is 0 Å². The molecule has 1 aromatic carbocycles. The first-order chi connectivity index (χ1) is 9.86. The number of nitrogens with zero attached hydrogens (tertiary/aromatic N) is 1. The molecule has 1 heterocycles. The Morgan fingerprint density at radius 1 is 1.29 bits per heavy atom. The van der Waals surface area contributed by atoms with Crippen LogP contribution >= 0.6 is 0 Å². The van der Waals surface area contributed by atoms with Crippen molar-refractivity contribution in [3.63, 3.8) is 0 Å². The fraction of sp³-hybridized carbons (Fsp3) is 0.571. The van der Waals surface area contributed by atoms with Crippen molar-refractivity contribution in [3.8, 4) is 0 Å². The van der Waals surface area contributed by atoms with Crippen molar-refractivity contribution in [2.45, 2.75) is 37.5 Å². The Morgan fingerprint density at radius 2 is 2.00 bits per heavy atom. The van der Waals surface area contributed by atoms with Crippen molar-refractivity contribution in [2.24, 2.45) is 5.92 Å². The third kappa shape index (κ3) is 3.35. The quantitative estimate of drug-likeness (QED) is 0.872. The first-order valence-corrected chi connectivity index (χ1v) is 8.55. The van der Waals surface area contributed by atoms with E-state index in [9.17, 15) is 17.2 Å². The Kier molecular flexibility index (Phi) is 4.83. The Balaban J connectivity index is 2.34. The van der Waals surface area contributed by atoms with Gasteiger partial charge in [-0.2, -0.15) is 4.31 Å². The number of halogens is 2. The van der Waals surface area contributed by atoms with Crippen molar-refractivity contribution >= 4 is 15.7 Å². The average molecular weight is 318 g/mol. The van der Waals surface area contributed by atoms with Gasteiger partial charge in [0.15, 0.2) is 11.6 Å². The molecule has 1 aliphatic rings. The molecule has 1 aliphatic heterocycles. The van der Waals surface area contributed by atoms with E-state index in [0.717, 1.165) is 37.8 Å². The van der Waals surface area contributed by atoms with Gasteiger partial charge in [0.05, 0.1) is 0 Å². The summed E-state index contributed by atoms with van der Waals surface area (Å²) in [6.45, 7) is 2.73. The maximum absolute atomic E-state index is 13.8. The molecule has 0 amide bonds. The highest BCUT2D eigenvalue weighted by Gasteiger charge is 2.31. The summed E-state index contributed by atoms with van der Waals surface area (Å²) in [5, 5.41) is 0.